The number of aromatic nitrogens is 1. The number of carbonyl (C=O) groups is 2. The predicted molar refractivity (Wildman–Crippen MR) is 107 cm³/mol. The lowest BCUT2D eigenvalue weighted by molar-refractivity contribution is 0.0948. The van der Waals surface area contributed by atoms with E-state index in [4.69, 9.17) is 0 Å². The number of nitrogens with one attached hydrogen (secondary N) is 2. The number of pyridine rings is 1. The van der Waals surface area contributed by atoms with Gasteiger partial charge in [0.1, 0.15) is 11.4 Å². The van der Waals surface area contributed by atoms with Crippen LogP contribution in [0, 0.1) is 5.82 Å². The van der Waals surface area contributed by atoms with Crippen LogP contribution in [0.1, 0.15) is 33.6 Å². The highest BCUT2D eigenvalue weighted by Crippen LogP contribution is 2.19. The number of halogens is 1. The Morgan fingerprint density at radius 2 is 1.62 bits per heavy atom. The van der Waals surface area contributed by atoms with Gasteiger partial charge in [-0.2, -0.15) is 0 Å². The first-order chi connectivity index (χ1) is 14.0. The number of nitrogens with zero attached hydrogens (tertiary/aromatic N) is 1. The molecule has 1 aliphatic carbocycles. The molecule has 29 heavy (non-hydrogen) atoms. The molecule has 1 heterocycles. The second kappa shape index (κ2) is 7.71. The Morgan fingerprint density at radius 1 is 0.931 bits per heavy atom. The molecule has 7 heteroatoms. The summed E-state index contributed by atoms with van der Waals surface area (Å²) in [5.74, 6) is -1.15. The molecule has 1 aromatic heterocycles. The van der Waals surface area contributed by atoms with Crippen LogP contribution in [0.5, 0.6) is 0 Å². The summed E-state index contributed by atoms with van der Waals surface area (Å²) in [5.41, 5.74) is 1.11. The Kier molecular flexibility index (Phi) is 4.95. The van der Waals surface area contributed by atoms with Gasteiger partial charge in [0.25, 0.3) is 17.4 Å². The van der Waals surface area contributed by atoms with Gasteiger partial charge in [-0.1, -0.05) is 0 Å². The van der Waals surface area contributed by atoms with Gasteiger partial charge < -0.3 is 10.6 Å². The van der Waals surface area contributed by atoms with E-state index in [0.717, 1.165) is 12.8 Å². The fraction of sp³-hybridized carbons (Fsp3) is 0.136. The van der Waals surface area contributed by atoms with Crippen LogP contribution < -0.4 is 16.2 Å². The molecule has 0 saturated heterocycles. The zero-order chi connectivity index (χ0) is 20.4. The normalized spacial score (nSPS) is 13.0. The Balaban J connectivity index is 1.52. The predicted octanol–water partition coefficient (Wildman–Crippen LogP) is 3.12. The average Bonchev–Trinajstić information content (AvgIpc) is 3.53. The summed E-state index contributed by atoms with van der Waals surface area (Å²) in [5, 5.41) is 5.53. The highest BCUT2D eigenvalue weighted by atomic mass is 19.1. The minimum atomic E-state index is -0.413. The molecule has 0 aliphatic heterocycles. The van der Waals surface area contributed by atoms with Crippen LogP contribution >= 0.6 is 0 Å². The third-order valence-electron chi connectivity index (χ3n) is 4.61. The minimum absolute atomic E-state index is 0.0908. The summed E-state index contributed by atoms with van der Waals surface area (Å²) in [4.78, 5) is 37.1. The molecule has 4 rings (SSSR count). The molecule has 3 aromatic rings. The summed E-state index contributed by atoms with van der Waals surface area (Å²) in [6, 6.07) is 15.2. The number of hydrogen-bond acceptors (Lipinski definition) is 3. The summed E-state index contributed by atoms with van der Waals surface area (Å²) >= 11 is 0. The molecule has 1 saturated carbocycles. The second-order valence-corrected chi connectivity index (χ2v) is 6.85. The van der Waals surface area contributed by atoms with Gasteiger partial charge >= 0.3 is 0 Å². The molecule has 0 atom stereocenters. The first-order valence-electron chi connectivity index (χ1n) is 9.21. The quantitative estimate of drug-likeness (QED) is 0.701. The fourth-order valence-corrected chi connectivity index (χ4v) is 2.87. The third-order valence-corrected chi connectivity index (χ3v) is 4.61. The molecule has 1 aliphatic rings. The van der Waals surface area contributed by atoms with Crippen LogP contribution in [0.3, 0.4) is 0 Å². The van der Waals surface area contributed by atoms with E-state index in [1.54, 1.807) is 36.5 Å². The number of hydrogen-bond donors (Lipinski definition) is 2. The average molecular weight is 391 g/mol. The monoisotopic (exact) mass is 391 g/mol. The lowest BCUT2D eigenvalue weighted by Gasteiger charge is -2.10. The summed E-state index contributed by atoms with van der Waals surface area (Å²) in [7, 11) is 0. The standard InChI is InChI=1S/C22H18FN3O3/c23-15-5-3-14(4-6-15)20(27)24-17-9-11-18(12-10-17)26-13-1-2-19(22(26)29)21(28)25-16-7-8-16/h1-6,9-13,16H,7-8H2,(H,24,27)(H,25,28). The van der Waals surface area contributed by atoms with Gasteiger partial charge in [-0.25, -0.2) is 4.39 Å². The molecule has 2 amide bonds. The molecule has 0 bridgehead atoms. The lowest BCUT2D eigenvalue weighted by atomic mass is 10.2. The number of amides is 2. The van der Waals surface area contributed by atoms with Crippen LogP contribution in [-0.4, -0.2) is 22.4 Å². The fourth-order valence-electron chi connectivity index (χ4n) is 2.87. The summed E-state index contributed by atoms with van der Waals surface area (Å²) < 4.78 is 14.4. The van der Waals surface area contributed by atoms with Crippen LogP contribution in [0.15, 0.2) is 71.7 Å². The van der Waals surface area contributed by atoms with Crippen molar-refractivity contribution in [1.29, 1.82) is 0 Å². The van der Waals surface area contributed by atoms with Gasteiger partial charge in [-0.3, -0.25) is 19.0 Å². The van der Waals surface area contributed by atoms with Gasteiger partial charge in [0, 0.05) is 29.2 Å². The topological polar surface area (TPSA) is 80.2 Å². The Morgan fingerprint density at radius 3 is 2.28 bits per heavy atom. The van der Waals surface area contributed by atoms with E-state index in [0.29, 0.717) is 16.9 Å². The van der Waals surface area contributed by atoms with E-state index < -0.39 is 11.4 Å². The molecule has 0 unspecified atom stereocenters. The summed E-state index contributed by atoms with van der Waals surface area (Å²) in [6.45, 7) is 0. The zero-order valence-corrected chi connectivity index (χ0v) is 15.4. The Hall–Kier alpha value is -3.74. The van der Waals surface area contributed by atoms with Crippen LogP contribution in [-0.2, 0) is 0 Å². The van der Waals surface area contributed by atoms with Gasteiger partial charge in [0.15, 0.2) is 0 Å². The highest BCUT2D eigenvalue weighted by Gasteiger charge is 2.25. The molecule has 0 spiro atoms. The number of anilines is 1. The maximum atomic E-state index is 13.0. The first kappa shape index (κ1) is 18.6. The highest BCUT2D eigenvalue weighted by molar-refractivity contribution is 6.04. The van der Waals surface area contributed by atoms with Crippen molar-refractivity contribution in [2.45, 2.75) is 18.9 Å². The number of rotatable bonds is 5. The van der Waals surface area contributed by atoms with E-state index in [9.17, 15) is 18.8 Å². The van der Waals surface area contributed by atoms with Gasteiger partial charge in [-0.15, -0.1) is 0 Å². The van der Waals surface area contributed by atoms with Gasteiger partial charge in [-0.05, 0) is 73.5 Å². The van der Waals surface area contributed by atoms with E-state index in [1.807, 2.05) is 0 Å². The number of benzene rings is 2. The number of carbonyl (C=O) groups excluding carboxylic acids is 2. The van der Waals surface area contributed by atoms with E-state index >= 15 is 0 Å². The second-order valence-electron chi connectivity index (χ2n) is 6.85. The van der Waals surface area contributed by atoms with Crippen molar-refractivity contribution in [2.24, 2.45) is 0 Å². The first-order valence-corrected chi connectivity index (χ1v) is 9.21. The molecular formula is C22H18FN3O3. The van der Waals surface area contributed by atoms with E-state index in [1.165, 1.54) is 34.9 Å². The third kappa shape index (κ3) is 4.24. The Bertz CT molecular complexity index is 1120. The maximum absolute atomic E-state index is 13.0. The smallest absolute Gasteiger partial charge is 0.267 e. The minimum Gasteiger partial charge on any atom is -0.349 e. The molecular weight excluding hydrogens is 373 g/mol. The van der Waals surface area contributed by atoms with E-state index in [-0.39, 0.29) is 23.4 Å². The van der Waals surface area contributed by atoms with Crippen molar-refractivity contribution in [3.05, 3.63) is 94.2 Å². The molecule has 1 fully saturated rings. The van der Waals surface area contributed by atoms with Crippen molar-refractivity contribution in [1.82, 2.24) is 9.88 Å². The van der Waals surface area contributed by atoms with Crippen molar-refractivity contribution >= 4 is 17.5 Å². The summed E-state index contributed by atoms with van der Waals surface area (Å²) in [6.07, 6.45) is 3.47. The van der Waals surface area contributed by atoms with Crippen LogP contribution in [0.4, 0.5) is 10.1 Å². The van der Waals surface area contributed by atoms with Gasteiger partial charge in [0.05, 0.1) is 0 Å². The molecule has 2 aromatic carbocycles. The lowest BCUT2D eigenvalue weighted by Crippen LogP contribution is -2.33. The van der Waals surface area contributed by atoms with Crippen LogP contribution in [0.25, 0.3) is 5.69 Å². The maximum Gasteiger partial charge on any atom is 0.267 e. The van der Waals surface area contributed by atoms with Gasteiger partial charge in [0.2, 0.25) is 0 Å². The zero-order valence-electron chi connectivity index (χ0n) is 15.4. The molecule has 0 radical (unpaired) electrons. The van der Waals surface area contributed by atoms with E-state index in [2.05, 4.69) is 10.6 Å². The Labute approximate surface area is 166 Å². The largest absolute Gasteiger partial charge is 0.349 e. The van der Waals surface area contributed by atoms with Crippen molar-refractivity contribution in [3.63, 3.8) is 0 Å². The molecule has 6 nitrogen and oxygen atoms in total. The SMILES string of the molecule is O=C(Nc1ccc(-n2cccc(C(=O)NC3CC3)c2=O)cc1)c1ccc(F)cc1. The van der Waals surface area contributed by atoms with Crippen molar-refractivity contribution in [3.8, 4) is 5.69 Å². The molecule has 2 N–H and O–H groups in total. The molecule has 146 valence electrons. The van der Waals surface area contributed by atoms with Crippen LogP contribution in [0.2, 0.25) is 0 Å². The van der Waals surface area contributed by atoms with Crippen molar-refractivity contribution in [2.75, 3.05) is 5.32 Å². The van der Waals surface area contributed by atoms with Crippen molar-refractivity contribution < 1.29 is 14.0 Å².